The monoisotopic (exact) mass is 362 g/mol. The number of benzene rings is 2. The first-order chi connectivity index (χ1) is 9.49. The molecule has 2 aromatic rings. The molecule has 0 aliphatic carbocycles. The zero-order valence-corrected chi connectivity index (χ0v) is 12.5. The molecule has 0 saturated carbocycles. The van der Waals surface area contributed by atoms with Crippen molar-refractivity contribution in [3.63, 3.8) is 0 Å². The van der Waals surface area contributed by atoms with Crippen LogP contribution in [0.15, 0.2) is 40.9 Å². The van der Waals surface area contributed by atoms with Crippen molar-refractivity contribution in [3.05, 3.63) is 63.1 Å². The van der Waals surface area contributed by atoms with Gasteiger partial charge in [0.1, 0.15) is 30.1 Å². The Balaban J connectivity index is 2.11. The van der Waals surface area contributed by atoms with E-state index in [-0.39, 0.29) is 11.1 Å². The van der Waals surface area contributed by atoms with Gasteiger partial charge in [-0.3, -0.25) is 0 Å². The molecule has 0 aliphatic rings. The maximum atomic E-state index is 13.8. The van der Waals surface area contributed by atoms with Crippen LogP contribution in [-0.4, -0.2) is 11.7 Å². The molecule has 20 heavy (non-hydrogen) atoms. The Hall–Kier alpha value is -1.17. The smallest absolute Gasteiger partial charge is 0.146 e. The van der Waals surface area contributed by atoms with E-state index < -0.39 is 23.3 Å². The molecule has 0 amide bonds. The molecule has 106 valence electrons. The summed E-state index contributed by atoms with van der Waals surface area (Å²) >= 11 is 8.66. The quantitative estimate of drug-likeness (QED) is 0.811. The predicted octanol–water partition coefficient (Wildman–Crippen LogP) is 4.49. The van der Waals surface area contributed by atoms with E-state index in [1.165, 1.54) is 6.07 Å². The largest absolute Gasteiger partial charge is 0.491 e. The number of aliphatic hydroxyl groups is 1. The van der Waals surface area contributed by atoms with Crippen LogP contribution in [0.3, 0.4) is 0 Å². The van der Waals surface area contributed by atoms with Crippen LogP contribution >= 0.6 is 27.5 Å². The van der Waals surface area contributed by atoms with Crippen molar-refractivity contribution in [2.75, 3.05) is 6.61 Å². The van der Waals surface area contributed by atoms with Gasteiger partial charge in [-0.2, -0.15) is 0 Å². The summed E-state index contributed by atoms with van der Waals surface area (Å²) in [5.74, 6) is -1.21. The topological polar surface area (TPSA) is 29.5 Å². The third-order valence-electron chi connectivity index (χ3n) is 2.63. The number of hydrogen-bond acceptors (Lipinski definition) is 2. The Bertz CT molecular complexity index is 605. The standard InChI is InChI=1S/C14H10BrClF2O2/c15-10-5-6-11(17)13(14(10)18)12(19)7-20-9-3-1-8(16)2-4-9/h1-6,12,19H,7H2. The van der Waals surface area contributed by atoms with Crippen LogP contribution in [0.2, 0.25) is 5.02 Å². The van der Waals surface area contributed by atoms with Crippen LogP contribution in [0.4, 0.5) is 8.78 Å². The van der Waals surface area contributed by atoms with Crippen molar-refractivity contribution in [3.8, 4) is 5.75 Å². The summed E-state index contributed by atoms with van der Waals surface area (Å²) < 4.78 is 32.7. The maximum absolute atomic E-state index is 13.8. The van der Waals surface area contributed by atoms with E-state index in [0.29, 0.717) is 10.8 Å². The van der Waals surface area contributed by atoms with Gasteiger partial charge in [0.2, 0.25) is 0 Å². The van der Waals surface area contributed by atoms with Crippen molar-refractivity contribution in [2.45, 2.75) is 6.10 Å². The maximum Gasteiger partial charge on any atom is 0.146 e. The number of rotatable bonds is 4. The SMILES string of the molecule is OC(COc1ccc(Cl)cc1)c1c(F)ccc(Br)c1F. The van der Waals surface area contributed by atoms with Gasteiger partial charge >= 0.3 is 0 Å². The van der Waals surface area contributed by atoms with Crippen molar-refractivity contribution in [2.24, 2.45) is 0 Å². The lowest BCUT2D eigenvalue weighted by molar-refractivity contribution is 0.101. The van der Waals surface area contributed by atoms with E-state index in [0.717, 1.165) is 6.07 Å². The van der Waals surface area contributed by atoms with E-state index in [1.807, 2.05) is 0 Å². The summed E-state index contributed by atoms with van der Waals surface area (Å²) in [5.41, 5.74) is -0.423. The van der Waals surface area contributed by atoms with Crippen LogP contribution in [0.25, 0.3) is 0 Å². The lowest BCUT2D eigenvalue weighted by Gasteiger charge is -2.15. The highest BCUT2D eigenvalue weighted by Crippen LogP contribution is 2.27. The van der Waals surface area contributed by atoms with Crippen LogP contribution in [-0.2, 0) is 0 Å². The summed E-state index contributed by atoms with van der Waals surface area (Å²) in [6.45, 7) is -0.272. The molecular formula is C14H10BrClF2O2. The lowest BCUT2D eigenvalue weighted by Crippen LogP contribution is -2.13. The number of ether oxygens (including phenoxy) is 1. The normalized spacial score (nSPS) is 12.2. The molecular weight excluding hydrogens is 354 g/mol. The number of aliphatic hydroxyl groups excluding tert-OH is 1. The summed E-state index contributed by atoms with van der Waals surface area (Å²) in [7, 11) is 0. The first-order valence-corrected chi connectivity index (χ1v) is 6.86. The Morgan fingerprint density at radius 1 is 1.15 bits per heavy atom. The van der Waals surface area contributed by atoms with Crippen molar-refractivity contribution in [1.29, 1.82) is 0 Å². The average Bonchev–Trinajstić information content (AvgIpc) is 2.43. The minimum absolute atomic E-state index is 0.0828. The number of halogens is 4. The zero-order chi connectivity index (χ0) is 14.7. The molecule has 0 aliphatic heterocycles. The van der Waals surface area contributed by atoms with Gasteiger partial charge in [-0.15, -0.1) is 0 Å². The van der Waals surface area contributed by atoms with E-state index in [9.17, 15) is 13.9 Å². The van der Waals surface area contributed by atoms with Gasteiger partial charge in [0, 0.05) is 5.02 Å². The van der Waals surface area contributed by atoms with Gasteiger partial charge in [0.05, 0.1) is 10.0 Å². The molecule has 2 rings (SSSR count). The first-order valence-electron chi connectivity index (χ1n) is 5.69. The van der Waals surface area contributed by atoms with Crippen LogP contribution < -0.4 is 4.74 Å². The Labute approximate surface area is 128 Å². The molecule has 0 spiro atoms. The second-order valence-corrected chi connectivity index (χ2v) is 5.33. The second-order valence-electron chi connectivity index (χ2n) is 4.04. The Morgan fingerprint density at radius 2 is 1.80 bits per heavy atom. The van der Waals surface area contributed by atoms with Gasteiger partial charge in [-0.25, -0.2) is 8.78 Å². The van der Waals surface area contributed by atoms with E-state index in [1.54, 1.807) is 24.3 Å². The third kappa shape index (κ3) is 3.48. The molecule has 0 bridgehead atoms. The first kappa shape index (κ1) is 15.2. The average molecular weight is 364 g/mol. The molecule has 1 atom stereocenters. The molecule has 0 saturated heterocycles. The zero-order valence-electron chi connectivity index (χ0n) is 10.1. The highest BCUT2D eigenvalue weighted by Gasteiger charge is 2.20. The summed E-state index contributed by atoms with van der Waals surface area (Å²) in [4.78, 5) is 0. The Morgan fingerprint density at radius 3 is 2.45 bits per heavy atom. The molecule has 1 N–H and O–H groups in total. The van der Waals surface area contributed by atoms with Gasteiger partial charge < -0.3 is 9.84 Å². The summed E-state index contributed by atoms with van der Waals surface area (Å²) in [6, 6.07) is 8.74. The number of hydrogen-bond donors (Lipinski definition) is 1. The van der Waals surface area contributed by atoms with Crippen LogP contribution in [0, 0.1) is 11.6 Å². The molecule has 0 aromatic heterocycles. The van der Waals surface area contributed by atoms with Crippen molar-refractivity contribution >= 4 is 27.5 Å². The molecule has 0 fully saturated rings. The van der Waals surface area contributed by atoms with Crippen molar-refractivity contribution < 1.29 is 18.6 Å². The van der Waals surface area contributed by atoms with Crippen LogP contribution in [0.5, 0.6) is 5.75 Å². The molecule has 2 nitrogen and oxygen atoms in total. The van der Waals surface area contributed by atoms with Crippen LogP contribution in [0.1, 0.15) is 11.7 Å². The van der Waals surface area contributed by atoms with E-state index in [4.69, 9.17) is 16.3 Å². The van der Waals surface area contributed by atoms with E-state index >= 15 is 0 Å². The molecule has 2 aromatic carbocycles. The van der Waals surface area contributed by atoms with Gasteiger partial charge in [-0.05, 0) is 52.3 Å². The Kier molecular flexibility index (Phi) is 4.96. The molecule has 0 heterocycles. The summed E-state index contributed by atoms with van der Waals surface area (Å²) in [5, 5.41) is 10.4. The predicted molar refractivity (Wildman–Crippen MR) is 76.0 cm³/mol. The van der Waals surface area contributed by atoms with Gasteiger partial charge in [0.15, 0.2) is 0 Å². The van der Waals surface area contributed by atoms with Crippen molar-refractivity contribution in [1.82, 2.24) is 0 Å². The second kappa shape index (κ2) is 6.52. The minimum atomic E-state index is -1.41. The third-order valence-corrected chi connectivity index (χ3v) is 3.50. The lowest BCUT2D eigenvalue weighted by atomic mass is 10.1. The van der Waals surface area contributed by atoms with E-state index in [2.05, 4.69) is 15.9 Å². The fourth-order valence-electron chi connectivity index (χ4n) is 1.64. The van der Waals surface area contributed by atoms with Gasteiger partial charge in [0.25, 0.3) is 0 Å². The highest BCUT2D eigenvalue weighted by atomic mass is 79.9. The summed E-state index contributed by atoms with van der Waals surface area (Å²) in [6.07, 6.45) is -1.41. The minimum Gasteiger partial charge on any atom is -0.491 e. The fraction of sp³-hybridized carbons (Fsp3) is 0.143. The van der Waals surface area contributed by atoms with Gasteiger partial charge in [-0.1, -0.05) is 11.6 Å². The highest BCUT2D eigenvalue weighted by molar-refractivity contribution is 9.10. The fourth-order valence-corrected chi connectivity index (χ4v) is 2.11. The molecule has 0 radical (unpaired) electrons. The molecule has 6 heteroatoms. The molecule has 1 unspecified atom stereocenters.